The number of ether oxygens (including phenoxy) is 3. The first kappa shape index (κ1) is 18.9. The molecule has 0 atom stereocenters. The number of methoxy groups -OCH3 is 1. The van der Waals surface area contributed by atoms with Gasteiger partial charge in [0, 0.05) is 12.2 Å². The number of nitrogens with one attached hydrogen (secondary N) is 2. The molecule has 0 aromatic heterocycles. The predicted molar refractivity (Wildman–Crippen MR) is 103 cm³/mol. The van der Waals surface area contributed by atoms with Crippen molar-refractivity contribution < 1.29 is 23.8 Å². The molecule has 1 aliphatic rings. The number of carbonyl (C=O) groups excluding carboxylic acids is 2. The van der Waals surface area contributed by atoms with E-state index >= 15 is 0 Å². The second kappa shape index (κ2) is 9.18. The molecule has 0 aliphatic carbocycles. The molecule has 0 radical (unpaired) electrons. The summed E-state index contributed by atoms with van der Waals surface area (Å²) < 4.78 is 15.6. The third-order valence-electron chi connectivity index (χ3n) is 3.77. The van der Waals surface area contributed by atoms with E-state index in [1.54, 1.807) is 31.4 Å². The molecule has 1 heterocycles. The molecule has 142 valence electrons. The van der Waals surface area contributed by atoms with Gasteiger partial charge in [0.05, 0.1) is 18.6 Å². The highest BCUT2D eigenvalue weighted by molar-refractivity contribution is 8.00. The second-order valence-electron chi connectivity index (χ2n) is 5.73. The van der Waals surface area contributed by atoms with Crippen molar-refractivity contribution in [3.8, 4) is 17.2 Å². The molecule has 7 nitrogen and oxygen atoms in total. The number of rotatable bonds is 8. The molecular formula is C19H20N2O5S. The van der Waals surface area contributed by atoms with Gasteiger partial charge in [-0.25, -0.2) is 0 Å². The fraction of sp³-hybridized carbons (Fsp3) is 0.263. The minimum atomic E-state index is -0.159. The highest BCUT2D eigenvalue weighted by Crippen LogP contribution is 2.32. The summed E-state index contributed by atoms with van der Waals surface area (Å²) in [5.74, 6) is 2.24. The molecule has 1 aliphatic heterocycles. The topological polar surface area (TPSA) is 85.9 Å². The summed E-state index contributed by atoms with van der Waals surface area (Å²) in [6.45, 7) is 0.619. The first-order valence-electron chi connectivity index (χ1n) is 8.31. The smallest absolute Gasteiger partial charge is 0.234 e. The lowest BCUT2D eigenvalue weighted by Crippen LogP contribution is -2.25. The van der Waals surface area contributed by atoms with E-state index in [0.717, 1.165) is 11.3 Å². The summed E-state index contributed by atoms with van der Waals surface area (Å²) >= 11 is 1.26. The molecule has 2 amide bonds. The van der Waals surface area contributed by atoms with Crippen LogP contribution in [0.4, 0.5) is 5.69 Å². The quantitative estimate of drug-likeness (QED) is 0.722. The lowest BCUT2D eigenvalue weighted by Gasteiger charge is -2.07. The number of hydrogen-bond donors (Lipinski definition) is 2. The van der Waals surface area contributed by atoms with Crippen LogP contribution in [0, 0.1) is 0 Å². The first-order valence-corrected chi connectivity index (χ1v) is 9.46. The van der Waals surface area contributed by atoms with Gasteiger partial charge < -0.3 is 24.8 Å². The molecule has 0 unspecified atom stereocenters. The van der Waals surface area contributed by atoms with E-state index in [2.05, 4.69) is 10.6 Å². The van der Waals surface area contributed by atoms with Gasteiger partial charge >= 0.3 is 0 Å². The minimum Gasteiger partial charge on any atom is -0.497 e. The van der Waals surface area contributed by atoms with Gasteiger partial charge in [-0.05, 0) is 42.0 Å². The van der Waals surface area contributed by atoms with Crippen LogP contribution in [0.3, 0.4) is 0 Å². The van der Waals surface area contributed by atoms with Gasteiger partial charge in [0.25, 0.3) is 0 Å². The molecule has 8 heteroatoms. The zero-order valence-electron chi connectivity index (χ0n) is 14.8. The number of carbonyl (C=O) groups is 2. The Bertz CT molecular complexity index is 810. The molecular weight excluding hydrogens is 368 g/mol. The number of benzene rings is 2. The van der Waals surface area contributed by atoms with Crippen LogP contribution in [0.2, 0.25) is 0 Å². The summed E-state index contributed by atoms with van der Waals surface area (Å²) in [6.07, 6.45) is 0. The zero-order valence-corrected chi connectivity index (χ0v) is 15.6. The van der Waals surface area contributed by atoms with Gasteiger partial charge in [-0.3, -0.25) is 9.59 Å². The molecule has 2 aromatic rings. The fourth-order valence-electron chi connectivity index (χ4n) is 2.41. The standard InChI is InChI=1S/C19H20N2O5S/c1-24-15-5-3-14(4-6-15)21-19(23)11-27-10-18(22)20-9-13-2-7-16-17(8-13)26-12-25-16/h2-8H,9-12H2,1H3,(H,20,22)(H,21,23). The first-order chi connectivity index (χ1) is 13.1. The summed E-state index contributed by atoms with van der Waals surface area (Å²) in [5.41, 5.74) is 1.61. The molecule has 2 N–H and O–H groups in total. The molecule has 27 heavy (non-hydrogen) atoms. The Hall–Kier alpha value is -2.87. The van der Waals surface area contributed by atoms with Crippen LogP contribution in [-0.2, 0) is 16.1 Å². The van der Waals surface area contributed by atoms with E-state index in [-0.39, 0.29) is 30.1 Å². The Balaban J connectivity index is 1.34. The van der Waals surface area contributed by atoms with Crippen LogP contribution in [0.1, 0.15) is 5.56 Å². The lowest BCUT2D eigenvalue weighted by atomic mass is 10.2. The molecule has 0 saturated heterocycles. The lowest BCUT2D eigenvalue weighted by molar-refractivity contribution is -0.118. The predicted octanol–water partition coefficient (Wildman–Crippen LogP) is 2.41. The maximum atomic E-state index is 11.9. The Morgan fingerprint density at radius 3 is 2.56 bits per heavy atom. The number of amides is 2. The normalized spacial score (nSPS) is 11.7. The molecule has 3 rings (SSSR count). The third-order valence-corrected chi connectivity index (χ3v) is 4.70. The van der Waals surface area contributed by atoms with Crippen LogP contribution in [-0.4, -0.2) is 37.2 Å². The Morgan fingerprint density at radius 1 is 1.04 bits per heavy atom. The number of thioether (sulfide) groups is 1. The van der Waals surface area contributed by atoms with E-state index in [1.807, 2.05) is 18.2 Å². The highest BCUT2D eigenvalue weighted by atomic mass is 32.2. The average Bonchev–Trinajstić information content (AvgIpc) is 3.15. The van der Waals surface area contributed by atoms with Crippen molar-refractivity contribution in [2.24, 2.45) is 0 Å². The van der Waals surface area contributed by atoms with Gasteiger partial charge in [0.2, 0.25) is 18.6 Å². The highest BCUT2D eigenvalue weighted by Gasteiger charge is 2.13. The van der Waals surface area contributed by atoms with Gasteiger partial charge in [-0.1, -0.05) is 6.07 Å². The molecule has 0 bridgehead atoms. The van der Waals surface area contributed by atoms with Crippen molar-refractivity contribution in [2.45, 2.75) is 6.54 Å². The van der Waals surface area contributed by atoms with Crippen molar-refractivity contribution in [3.63, 3.8) is 0 Å². The molecule has 0 saturated carbocycles. The summed E-state index contributed by atoms with van der Waals surface area (Å²) in [7, 11) is 1.59. The summed E-state index contributed by atoms with van der Waals surface area (Å²) in [6, 6.07) is 12.6. The van der Waals surface area contributed by atoms with Gasteiger partial charge in [-0.15, -0.1) is 11.8 Å². The average molecular weight is 388 g/mol. The van der Waals surface area contributed by atoms with E-state index in [0.29, 0.717) is 23.7 Å². The maximum Gasteiger partial charge on any atom is 0.234 e. The van der Waals surface area contributed by atoms with Crippen molar-refractivity contribution >= 4 is 29.3 Å². The second-order valence-corrected chi connectivity index (χ2v) is 6.72. The molecule has 0 spiro atoms. The van der Waals surface area contributed by atoms with Crippen molar-refractivity contribution in [1.29, 1.82) is 0 Å². The molecule has 2 aromatic carbocycles. The van der Waals surface area contributed by atoms with Crippen LogP contribution >= 0.6 is 11.8 Å². The Labute approximate surface area is 161 Å². The van der Waals surface area contributed by atoms with E-state index in [1.165, 1.54) is 11.8 Å². The van der Waals surface area contributed by atoms with Crippen LogP contribution < -0.4 is 24.8 Å². The Morgan fingerprint density at radius 2 is 1.78 bits per heavy atom. The third kappa shape index (κ3) is 5.55. The minimum absolute atomic E-state index is 0.130. The summed E-state index contributed by atoms with van der Waals surface area (Å²) in [5, 5.41) is 5.60. The number of anilines is 1. The van der Waals surface area contributed by atoms with E-state index in [9.17, 15) is 9.59 Å². The largest absolute Gasteiger partial charge is 0.497 e. The van der Waals surface area contributed by atoms with Crippen molar-refractivity contribution in [1.82, 2.24) is 5.32 Å². The SMILES string of the molecule is COc1ccc(NC(=O)CSCC(=O)NCc2ccc3c(c2)OCO3)cc1. The van der Waals surface area contributed by atoms with E-state index < -0.39 is 0 Å². The van der Waals surface area contributed by atoms with E-state index in [4.69, 9.17) is 14.2 Å². The Kier molecular flexibility index (Phi) is 6.43. The number of fused-ring (bicyclic) bond motifs is 1. The van der Waals surface area contributed by atoms with Crippen LogP contribution in [0.15, 0.2) is 42.5 Å². The van der Waals surface area contributed by atoms with Gasteiger partial charge in [0.1, 0.15) is 5.75 Å². The van der Waals surface area contributed by atoms with Crippen molar-refractivity contribution in [2.75, 3.05) is 30.7 Å². The zero-order chi connectivity index (χ0) is 19.1. The van der Waals surface area contributed by atoms with Crippen molar-refractivity contribution in [3.05, 3.63) is 48.0 Å². The molecule has 0 fully saturated rings. The van der Waals surface area contributed by atoms with Gasteiger partial charge in [0.15, 0.2) is 11.5 Å². The maximum absolute atomic E-state index is 11.9. The summed E-state index contributed by atoms with van der Waals surface area (Å²) in [4.78, 5) is 23.8. The van der Waals surface area contributed by atoms with Crippen LogP contribution in [0.25, 0.3) is 0 Å². The number of hydrogen-bond acceptors (Lipinski definition) is 6. The monoisotopic (exact) mass is 388 g/mol. The van der Waals surface area contributed by atoms with Crippen LogP contribution in [0.5, 0.6) is 17.2 Å². The van der Waals surface area contributed by atoms with Gasteiger partial charge in [-0.2, -0.15) is 0 Å². The fourth-order valence-corrected chi connectivity index (χ4v) is 3.06.